The maximum absolute atomic E-state index is 13.4. The van der Waals surface area contributed by atoms with Crippen LogP contribution in [0.2, 0.25) is 0 Å². The van der Waals surface area contributed by atoms with Crippen LogP contribution in [0, 0.1) is 6.92 Å². The number of aryl methyl sites for hydroxylation is 1. The molecule has 0 bridgehead atoms. The number of carbonyl (C=O) groups excluding carboxylic acids is 1. The molecule has 1 aliphatic heterocycles. The number of aromatic nitrogens is 2. The highest BCUT2D eigenvalue weighted by Crippen LogP contribution is 2.30. The number of amides is 1. The Kier molecular flexibility index (Phi) is 6.80. The standard InChI is InChI=1S/C24H27N5O4S/c1-17-15-18(33-24-25-11-6-12-26-24)7-9-21(17)27-23(30)20-16-19(34(31,32)28(2)3)8-10-22(20)29-13-4-5-14-29/h6-12,15-16H,4-5,13-14H2,1-3H3,(H,27,30). The number of rotatable bonds is 7. The van der Waals surface area contributed by atoms with Gasteiger partial charge in [-0.1, -0.05) is 0 Å². The van der Waals surface area contributed by atoms with Gasteiger partial charge in [0, 0.05) is 51.0 Å². The smallest absolute Gasteiger partial charge is 0.321 e. The van der Waals surface area contributed by atoms with Crippen molar-refractivity contribution < 1.29 is 17.9 Å². The summed E-state index contributed by atoms with van der Waals surface area (Å²) < 4.78 is 32.2. The SMILES string of the molecule is Cc1cc(Oc2ncccn2)ccc1NC(=O)c1cc(S(=O)(=O)N(C)C)ccc1N1CCCC1. The summed E-state index contributed by atoms with van der Waals surface area (Å²) in [5.41, 5.74) is 2.43. The van der Waals surface area contributed by atoms with Crippen molar-refractivity contribution in [1.82, 2.24) is 14.3 Å². The van der Waals surface area contributed by atoms with Crippen molar-refractivity contribution in [2.45, 2.75) is 24.7 Å². The van der Waals surface area contributed by atoms with E-state index in [-0.39, 0.29) is 16.8 Å². The monoisotopic (exact) mass is 481 g/mol. The molecule has 10 heteroatoms. The minimum Gasteiger partial charge on any atom is -0.424 e. The molecule has 1 amide bonds. The third-order valence-corrected chi connectivity index (χ3v) is 7.45. The lowest BCUT2D eigenvalue weighted by Gasteiger charge is -2.22. The Bertz CT molecular complexity index is 1290. The molecule has 0 saturated carbocycles. The first-order valence-electron chi connectivity index (χ1n) is 10.9. The Labute approximate surface area is 199 Å². The molecule has 2 heterocycles. The van der Waals surface area contributed by atoms with Gasteiger partial charge in [-0.25, -0.2) is 22.7 Å². The molecule has 34 heavy (non-hydrogen) atoms. The van der Waals surface area contributed by atoms with Crippen LogP contribution in [0.1, 0.15) is 28.8 Å². The molecule has 0 spiro atoms. The van der Waals surface area contributed by atoms with E-state index >= 15 is 0 Å². The molecule has 9 nitrogen and oxygen atoms in total. The van der Waals surface area contributed by atoms with Crippen molar-refractivity contribution in [1.29, 1.82) is 0 Å². The molecule has 1 saturated heterocycles. The highest BCUT2D eigenvalue weighted by atomic mass is 32.2. The molecule has 1 aromatic heterocycles. The molecular formula is C24H27N5O4S. The first-order chi connectivity index (χ1) is 16.3. The fraction of sp³-hybridized carbons (Fsp3) is 0.292. The quantitative estimate of drug-likeness (QED) is 0.549. The number of nitrogens with one attached hydrogen (secondary N) is 1. The van der Waals surface area contributed by atoms with Crippen LogP contribution < -0.4 is 15.0 Å². The first kappa shape index (κ1) is 23.7. The van der Waals surface area contributed by atoms with Gasteiger partial charge in [-0.15, -0.1) is 0 Å². The van der Waals surface area contributed by atoms with Gasteiger partial charge in [0.05, 0.1) is 10.5 Å². The number of hydrogen-bond acceptors (Lipinski definition) is 7. The minimum absolute atomic E-state index is 0.0777. The number of carbonyl (C=O) groups is 1. The molecule has 0 radical (unpaired) electrons. The summed E-state index contributed by atoms with van der Waals surface area (Å²) in [6.07, 6.45) is 5.24. The van der Waals surface area contributed by atoms with Crippen molar-refractivity contribution in [3.8, 4) is 11.8 Å². The number of hydrogen-bond donors (Lipinski definition) is 1. The molecule has 1 aliphatic rings. The Morgan fingerprint density at radius 1 is 1.06 bits per heavy atom. The highest BCUT2D eigenvalue weighted by molar-refractivity contribution is 7.89. The second-order valence-corrected chi connectivity index (χ2v) is 10.4. The van der Waals surface area contributed by atoms with Gasteiger partial charge in [-0.05, 0) is 67.8 Å². The average molecular weight is 482 g/mol. The fourth-order valence-electron chi connectivity index (χ4n) is 3.78. The van der Waals surface area contributed by atoms with Crippen LogP contribution in [0.5, 0.6) is 11.8 Å². The van der Waals surface area contributed by atoms with E-state index in [0.717, 1.165) is 41.5 Å². The Hall–Kier alpha value is -3.50. The van der Waals surface area contributed by atoms with Crippen LogP contribution in [0.4, 0.5) is 11.4 Å². The lowest BCUT2D eigenvalue weighted by atomic mass is 10.1. The largest absolute Gasteiger partial charge is 0.424 e. The lowest BCUT2D eigenvalue weighted by molar-refractivity contribution is 0.102. The maximum Gasteiger partial charge on any atom is 0.321 e. The summed E-state index contributed by atoms with van der Waals surface area (Å²) >= 11 is 0. The number of sulfonamides is 1. The highest BCUT2D eigenvalue weighted by Gasteiger charge is 2.25. The fourth-order valence-corrected chi connectivity index (χ4v) is 4.70. The Morgan fingerprint density at radius 3 is 2.41 bits per heavy atom. The topological polar surface area (TPSA) is 105 Å². The lowest BCUT2D eigenvalue weighted by Crippen LogP contribution is -2.25. The molecule has 2 aromatic carbocycles. The molecule has 4 rings (SSSR count). The van der Waals surface area contributed by atoms with E-state index in [2.05, 4.69) is 20.2 Å². The second kappa shape index (κ2) is 9.78. The van der Waals surface area contributed by atoms with Crippen molar-refractivity contribution in [3.63, 3.8) is 0 Å². The number of ether oxygens (including phenoxy) is 1. The van der Waals surface area contributed by atoms with Gasteiger partial charge in [0.15, 0.2) is 0 Å². The predicted octanol–water partition coefficient (Wildman–Crippen LogP) is 3.68. The van der Waals surface area contributed by atoms with E-state index in [1.807, 2.05) is 6.92 Å². The summed E-state index contributed by atoms with van der Waals surface area (Å²) in [6, 6.07) is 11.9. The van der Waals surface area contributed by atoms with Crippen molar-refractivity contribution in [2.24, 2.45) is 0 Å². The van der Waals surface area contributed by atoms with Crippen LogP contribution in [-0.4, -0.2) is 55.8 Å². The second-order valence-electron chi connectivity index (χ2n) is 8.22. The van der Waals surface area contributed by atoms with Crippen molar-refractivity contribution in [3.05, 3.63) is 66.0 Å². The number of benzene rings is 2. The molecule has 0 atom stereocenters. The zero-order valence-electron chi connectivity index (χ0n) is 19.4. The molecular weight excluding hydrogens is 454 g/mol. The summed E-state index contributed by atoms with van der Waals surface area (Å²) in [4.78, 5) is 23.6. The molecule has 178 valence electrons. The van der Waals surface area contributed by atoms with E-state index in [0.29, 0.717) is 17.0 Å². The molecule has 1 fully saturated rings. The Morgan fingerprint density at radius 2 is 1.76 bits per heavy atom. The van der Waals surface area contributed by atoms with Crippen LogP contribution in [0.3, 0.4) is 0 Å². The summed E-state index contributed by atoms with van der Waals surface area (Å²) in [6.45, 7) is 3.50. The van der Waals surface area contributed by atoms with Gasteiger partial charge < -0.3 is 15.0 Å². The summed E-state index contributed by atoms with van der Waals surface area (Å²) in [5, 5.41) is 2.93. The van der Waals surface area contributed by atoms with E-state index < -0.39 is 10.0 Å². The molecule has 3 aromatic rings. The summed E-state index contributed by atoms with van der Waals surface area (Å²) in [5.74, 6) is 0.166. The zero-order valence-corrected chi connectivity index (χ0v) is 20.2. The Balaban J connectivity index is 1.62. The first-order valence-corrected chi connectivity index (χ1v) is 12.4. The third-order valence-electron chi connectivity index (χ3n) is 5.64. The number of nitrogens with zero attached hydrogens (tertiary/aromatic N) is 4. The molecule has 1 N–H and O–H groups in total. The average Bonchev–Trinajstić information content (AvgIpc) is 3.36. The van der Waals surface area contributed by atoms with Crippen molar-refractivity contribution in [2.75, 3.05) is 37.4 Å². The van der Waals surface area contributed by atoms with Crippen LogP contribution in [-0.2, 0) is 10.0 Å². The predicted molar refractivity (Wildman–Crippen MR) is 130 cm³/mol. The summed E-state index contributed by atoms with van der Waals surface area (Å²) in [7, 11) is -0.745. The van der Waals surface area contributed by atoms with Gasteiger partial charge in [-0.2, -0.15) is 0 Å². The van der Waals surface area contributed by atoms with Crippen LogP contribution >= 0.6 is 0 Å². The minimum atomic E-state index is -3.68. The maximum atomic E-state index is 13.4. The normalized spacial score (nSPS) is 13.8. The van der Waals surface area contributed by atoms with E-state index in [4.69, 9.17) is 4.74 Å². The number of anilines is 2. The van der Waals surface area contributed by atoms with E-state index in [9.17, 15) is 13.2 Å². The van der Waals surface area contributed by atoms with Gasteiger partial charge in [0.1, 0.15) is 5.75 Å². The van der Waals surface area contributed by atoms with Gasteiger partial charge >= 0.3 is 6.01 Å². The zero-order chi connectivity index (χ0) is 24.3. The third kappa shape index (κ3) is 5.02. The molecule has 0 aliphatic carbocycles. The van der Waals surface area contributed by atoms with E-state index in [1.165, 1.54) is 20.2 Å². The van der Waals surface area contributed by atoms with E-state index in [1.54, 1.807) is 48.8 Å². The van der Waals surface area contributed by atoms with Crippen molar-refractivity contribution >= 4 is 27.3 Å². The van der Waals surface area contributed by atoms with Gasteiger partial charge in [0.25, 0.3) is 5.91 Å². The molecule has 0 unspecified atom stereocenters. The van der Waals surface area contributed by atoms with Crippen LogP contribution in [0.15, 0.2) is 59.8 Å². The van der Waals surface area contributed by atoms with Gasteiger partial charge in [0.2, 0.25) is 10.0 Å². The van der Waals surface area contributed by atoms with Crippen LogP contribution in [0.25, 0.3) is 0 Å². The van der Waals surface area contributed by atoms with Gasteiger partial charge in [-0.3, -0.25) is 4.79 Å².